The lowest BCUT2D eigenvalue weighted by Crippen LogP contribution is -2.31. The second kappa shape index (κ2) is 6.07. The summed E-state index contributed by atoms with van der Waals surface area (Å²) >= 11 is 11.6. The molecule has 0 aliphatic carbocycles. The zero-order valence-electron chi connectivity index (χ0n) is 11.1. The summed E-state index contributed by atoms with van der Waals surface area (Å²) in [5.74, 6) is -0.412. The zero-order valence-corrected chi connectivity index (χ0v) is 13.6. The molecular formula is C12H22Cl2O2Si. The average molecular weight is 297 g/mol. The van der Waals surface area contributed by atoms with Gasteiger partial charge in [0.1, 0.15) is 4.49 Å². The monoisotopic (exact) mass is 296 g/mol. The Morgan fingerprint density at radius 3 is 2.24 bits per heavy atom. The number of allylic oxidation sites excluding steroid dienone is 1. The lowest BCUT2D eigenvalue weighted by Gasteiger charge is -2.30. The highest BCUT2D eigenvalue weighted by Gasteiger charge is 2.33. The maximum absolute atomic E-state index is 5.79. The van der Waals surface area contributed by atoms with Crippen molar-refractivity contribution in [3.63, 3.8) is 0 Å². The van der Waals surface area contributed by atoms with Crippen LogP contribution in [-0.4, -0.2) is 27.1 Å². The summed E-state index contributed by atoms with van der Waals surface area (Å²) in [6, 6.07) is 0. The predicted molar refractivity (Wildman–Crippen MR) is 76.4 cm³/mol. The van der Waals surface area contributed by atoms with Crippen LogP contribution in [0.5, 0.6) is 0 Å². The fourth-order valence-corrected chi connectivity index (χ4v) is 4.23. The second-order valence-electron chi connectivity index (χ2n) is 5.80. The normalized spacial score (nSPS) is 21.3. The van der Waals surface area contributed by atoms with Gasteiger partial charge in [0.25, 0.3) is 0 Å². The van der Waals surface area contributed by atoms with Gasteiger partial charge in [-0.25, -0.2) is 0 Å². The third-order valence-corrected chi connectivity index (χ3v) is 6.18. The van der Waals surface area contributed by atoms with E-state index in [1.165, 1.54) is 0 Å². The lowest BCUT2D eigenvalue weighted by atomic mass is 10.1. The van der Waals surface area contributed by atoms with Crippen LogP contribution in [-0.2, 0) is 9.47 Å². The Hall–Kier alpha value is 0.457. The first-order valence-electron chi connectivity index (χ1n) is 6.04. The van der Waals surface area contributed by atoms with Crippen molar-refractivity contribution in [3.05, 3.63) is 10.6 Å². The molecule has 0 N–H and O–H groups in total. The van der Waals surface area contributed by atoms with Crippen LogP contribution in [0.4, 0.5) is 0 Å². The Labute approximate surface area is 115 Å². The highest BCUT2D eigenvalue weighted by Crippen LogP contribution is 2.35. The molecule has 17 heavy (non-hydrogen) atoms. The second-order valence-corrected chi connectivity index (χ2v) is 12.3. The quantitative estimate of drug-likeness (QED) is 0.693. The third kappa shape index (κ3) is 5.31. The van der Waals surface area contributed by atoms with E-state index in [-0.39, 0.29) is 0 Å². The lowest BCUT2D eigenvalue weighted by molar-refractivity contribution is -0.147. The molecule has 0 bridgehead atoms. The molecule has 1 unspecified atom stereocenters. The highest BCUT2D eigenvalue weighted by atomic mass is 35.5. The van der Waals surface area contributed by atoms with Crippen molar-refractivity contribution in [1.29, 1.82) is 0 Å². The minimum atomic E-state index is -1.31. The fourth-order valence-electron chi connectivity index (χ4n) is 2.04. The molecule has 0 radical (unpaired) electrons. The molecule has 1 fully saturated rings. The molecule has 0 spiro atoms. The predicted octanol–water partition coefficient (Wildman–Crippen LogP) is 4.56. The number of hydrogen-bond donors (Lipinski definition) is 0. The van der Waals surface area contributed by atoms with Crippen molar-refractivity contribution in [1.82, 2.24) is 0 Å². The van der Waals surface area contributed by atoms with Crippen LogP contribution in [0.2, 0.25) is 25.2 Å². The molecule has 2 nitrogen and oxygen atoms in total. The Balaban J connectivity index is 2.58. The van der Waals surface area contributed by atoms with Gasteiger partial charge in [0, 0.05) is 6.42 Å². The Bertz CT molecular complexity index is 277. The van der Waals surface area contributed by atoms with Gasteiger partial charge in [0.15, 0.2) is 5.79 Å². The van der Waals surface area contributed by atoms with Gasteiger partial charge in [0.2, 0.25) is 0 Å². The molecule has 0 aromatic carbocycles. The standard InChI is InChI=1S/C12H22Cl2O2Si/c1-12(15-7-8-16-12)6-5-10(9-11(13)14)17(2,3)4/h9-10H,5-8H2,1-4H3. The molecule has 0 amide bonds. The molecule has 1 aliphatic heterocycles. The van der Waals surface area contributed by atoms with Gasteiger partial charge in [-0.05, 0) is 18.9 Å². The number of ether oxygens (including phenoxy) is 2. The first-order chi connectivity index (χ1) is 7.73. The Morgan fingerprint density at radius 2 is 1.82 bits per heavy atom. The van der Waals surface area contributed by atoms with Gasteiger partial charge < -0.3 is 9.47 Å². The van der Waals surface area contributed by atoms with E-state index >= 15 is 0 Å². The number of hydrogen-bond acceptors (Lipinski definition) is 2. The van der Waals surface area contributed by atoms with Crippen molar-refractivity contribution in [2.45, 2.75) is 50.7 Å². The van der Waals surface area contributed by atoms with E-state index in [0.717, 1.165) is 12.8 Å². The van der Waals surface area contributed by atoms with Gasteiger partial charge in [-0.1, -0.05) is 48.9 Å². The summed E-state index contributed by atoms with van der Waals surface area (Å²) in [4.78, 5) is 0. The van der Waals surface area contributed by atoms with Gasteiger partial charge in [-0.15, -0.1) is 0 Å². The molecule has 1 aliphatic rings. The van der Waals surface area contributed by atoms with Crippen molar-refractivity contribution >= 4 is 31.3 Å². The summed E-state index contributed by atoms with van der Waals surface area (Å²) in [5.41, 5.74) is 0.456. The first kappa shape index (κ1) is 15.5. The van der Waals surface area contributed by atoms with Crippen LogP contribution < -0.4 is 0 Å². The Kier molecular flexibility index (Phi) is 5.54. The SMILES string of the molecule is CC1(CCC(C=C(Cl)Cl)[Si](C)(C)C)OCCO1. The molecule has 5 heteroatoms. The molecule has 1 atom stereocenters. The van der Waals surface area contributed by atoms with Gasteiger partial charge in [-0.3, -0.25) is 0 Å². The van der Waals surface area contributed by atoms with Crippen LogP contribution in [0.15, 0.2) is 10.6 Å². The van der Waals surface area contributed by atoms with Crippen molar-refractivity contribution in [2.75, 3.05) is 13.2 Å². The average Bonchev–Trinajstić information content (AvgIpc) is 2.58. The van der Waals surface area contributed by atoms with E-state index in [1.54, 1.807) is 0 Å². The molecule has 1 heterocycles. The molecule has 0 aromatic rings. The molecule has 1 rings (SSSR count). The van der Waals surface area contributed by atoms with Crippen molar-refractivity contribution < 1.29 is 9.47 Å². The smallest absolute Gasteiger partial charge is 0.165 e. The topological polar surface area (TPSA) is 18.5 Å². The van der Waals surface area contributed by atoms with E-state index in [2.05, 4.69) is 19.6 Å². The molecule has 100 valence electrons. The molecular weight excluding hydrogens is 275 g/mol. The summed E-state index contributed by atoms with van der Waals surface area (Å²) in [5, 5.41) is 0. The van der Waals surface area contributed by atoms with Gasteiger partial charge in [0.05, 0.1) is 21.3 Å². The minimum absolute atomic E-state index is 0.371. The maximum Gasteiger partial charge on any atom is 0.165 e. The third-order valence-electron chi connectivity index (χ3n) is 3.25. The van der Waals surface area contributed by atoms with E-state index in [0.29, 0.717) is 23.2 Å². The van der Waals surface area contributed by atoms with Crippen LogP contribution in [0.3, 0.4) is 0 Å². The minimum Gasteiger partial charge on any atom is -0.348 e. The van der Waals surface area contributed by atoms with Crippen LogP contribution >= 0.6 is 23.2 Å². The van der Waals surface area contributed by atoms with E-state index in [1.807, 2.05) is 13.0 Å². The van der Waals surface area contributed by atoms with E-state index < -0.39 is 13.9 Å². The molecule has 0 aromatic heterocycles. The summed E-state index contributed by atoms with van der Waals surface area (Å²) in [6.07, 6.45) is 3.88. The fraction of sp³-hybridized carbons (Fsp3) is 0.833. The summed E-state index contributed by atoms with van der Waals surface area (Å²) in [7, 11) is -1.31. The maximum atomic E-state index is 5.79. The van der Waals surface area contributed by atoms with E-state index in [4.69, 9.17) is 32.7 Å². The molecule has 1 saturated heterocycles. The Morgan fingerprint density at radius 1 is 1.29 bits per heavy atom. The highest BCUT2D eigenvalue weighted by molar-refractivity contribution is 6.78. The summed E-state index contributed by atoms with van der Waals surface area (Å²) in [6.45, 7) is 10.4. The van der Waals surface area contributed by atoms with E-state index in [9.17, 15) is 0 Å². The zero-order chi connectivity index (χ0) is 13.1. The van der Waals surface area contributed by atoms with Gasteiger partial charge in [-0.2, -0.15) is 0 Å². The first-order valence-corrected chi connectivity index (χ1v) is 10.4. The summed E-state index contributed by atoms with van der Waals surface area (Å²) < 4.78 is 11.6. The van der Waals surface area contributed by atoms with Crippen molar-refractivity contribution in [3.8, 4) is 0 Å². The van der Waals surface area contributed by atoms with Crippen LogP contribution in [0.1, 0.15) is 19.8 Å². The number of rotatable bonds is 5. The van der Waals surface area contributed by atoms with Crippen LogP contribution in [0.25, 0.3) is 0 Å². The van der Waals surface area contributed by atoms with Crippen molar-refractivity contribution in [2.24, 2.45) is 0 Å². The molecule has 0 saturated carbocycles. The van der Waals surface area contributed by atoms with Crippen LogP contribution in [0, 0.1) is 0 Å². The van der Waals surface area contributed by atoms with Gasteiger partial charge >= 0.3 is 0 Å². The number of halogens is 2. The largest absolute Gasteiger partial charge is 0.348 e.